The van der Waals surface area contributed by atoms with Crippen molar-refractivity contribution in [2.45, 2.75) is 50.9 Å². The lowest BCUT2D eigenvalue weighted by molar-refractivity contribution is -0.129. The summed E-state index contributed by atoms with van der Waals surface area (Å²) in [5.41, 5.74) is 6.58. The zero-order valence-electron chi connectivity index (χ0n) is 14.3. The molecule has 1 unspecified atom stereocenters. The van der Waals surface area contributed by atoms with Crippen molar-refractivity contribution in [2.24, 2.45) is 11.7 Å². The largest absolute Gasteiger partial charge is 0.497 e. The average molecular weight is 355 g/mol. The number of rotatable bonds is 6. The molecule has 1 aromatic carbocycles. The van der Waals surface area contributed by atoms with Crippen LogP contribution in [0.2, 0.25) is 0 Å². The first kappa shape index (κ1) is 19.0. The zero-order chi connectivity index (χ0) is 16.4. The zero-order valence-corrected chi connectivity index (χ0v) is 15.1. The summed E-state index contributed by atoms with van der Waals surface area (Å²) in [7, 11) is 1.64. The maximum absolute atomic E-state index is 13.1. The van der Waals surface area contributed by atoms with Crippen molar-refractivity contribution in [3.8, 4) is 5.75 Å². The number of amides is 1. The van der Waals surface area contributed by atoms with Crippen LogP contribution in [0.3, 0.4) is 0 Å². The molecule has 5 nitrogen and oxygen atoms in total. The summed E-state index contributed by atoms with van der Waals surface area (Å²) in [5.74, 6) is 1.44. The van der Waals surface area contributed by atoms with Gasteiger partial charge in [0.2, 0.25) is 0 Å². The summed E-state index contributed by atoms with van der Waals surface area (Å²) in [6.45, 7) is 2.61. The van der Waals surface area contributed by atoms with Gasteiger partial charge in [0.15, 0.2) is 0 Å². The Morgan fingerprint density at radius 1 is 1.29 bits per heavy atom. The molecule has 1 aliphatic carbocycles. The molecular weight excluding hydrogens is 328 g/mol. The number of benzene rings is 1. The summed E-state index contributed by atoms with van der Waals surface area (Å²) in [6.07, 6.45) is 3.65. The molecular formula is C18H27ClN2O3. The molecule has 1 saturated heterocycles. The standard InChI is InChI=1S/C18H26N2O3.ClH/c1-12(13-3-4-13)20(14-5-7-15(22-2)8-6-14)18(21)17-10-9-16(11-19)23-17;/h5-8,12-13,16-17H,3-4,9-11,19H2,1-2H3;1H/t12?,16-,17+;/m1./s1. The van der Waals surface area contributed by atoms with Crippen LogP contribution < -0.4 is 15.4 Å². The van der Waals surface area contributed by atoms with E-state index in [-0.39, 0.29) is 36.6 Å². The van der Waals surface area contributed by atoms with Gasteiger partial charge in [0.1, 0.15) is 11.9 Å². The van der Waals surface area contributed by atoms with Crippen molar-refractivity contribution in [1.29, 1.82) is 0 Å². The van der Waals surface area contributed by atoms with Crippen molar-refractivity contribution in [1.82, 2.24) is 0 Å². The normalized spacial score (nSPS) is 24.1. The number of hydrogen-bond acceptors (Lipinski definition) is 4. The van der Waals surface area contributed by atoms with Crippen molar-refractivity contribution >= 4 is 24.0 Å². The highest BCUT2D eigenvalue weighted by Gasteiger charge is 2.40. The van der Waals surface area contributed by atoms with Gasteiger partial charge in [0.05, 0.1) is 13.2 Å². The Labute approximate surface area is 149 Å². The molecule has 0 radical (unpaired) electrons. The summed E-state index contributed by atoms with van der Waals surface area (Å²) in [6, 6.07) is 7.88. The van der Waals surface area contributed by atoms with Crippen molar-refractivity contribution < 1.29 is 14.3 Å². The highest BCUT2D eigenvalue weighted by Crippen LogP contribution is 2.38. The number of nitrogens with zero attached hydrogens (tertiary/aromatic N) is 1. The third kappa shape index (κ3) is 4.02. The Hall–Kier alpha value is -1.30. The van der Waals surface area contributed by atoms with Crippen LogP contribution in [0.15, 0.2) is 24.3 Å². The minimum Gasteiger partial charge on any atom is -0.497 e. The van der Waals surface area contributed by atoms with Crippen molar-refractivity contribution in [3.05, 3.63) is 24.3 Å². The fourth-order valence-electron chi connectivity index (χ4n) is 3.31. The highest BCUT2D eigenvalue weighted by molar-refractivity contribution is 5.97. The van der Waals surface area contributed by atoms with Crippen LogP contribution in [0.25, 0.3) is 0 Å². The molecule has 2 N–H and O–H groups in total. The van der Waals surface area contributed by atoms with E-state index < -0.39 is 0 Å². The number of anilines is 1. The molecule has 1 heterocycles. The van der Waals surface area contributed by atoms with Crippen LogP contribution in [0, 0.1) is 5.92 Å². The molecule has 1 aromatic rings. The third-order valence-corrected chi connectivity index (χ3v) is 4.95. The number of nitrogens with two attached hydrogens (primary N) is 1. The topological polar surface area (TPSA) is 64.8 Å². The lowest BCUT2D eigenvalue weighted by atomic mass is 10.1. The van der Waals surface area contributed by atoms with E-state index in [9.17, 15) is 4.79 Å². The average Bonchev–Trinajstić information content (AvgIpc) is 3.32. The SMILES string of the molecule is COc1ccc(N(C(=O)[C@@H]2CC[C@H](CN)O2)C(C)C2CC2)cc1.Cl. The molecule has 2 aliphatic rings. The maximum atomic E-state index is 13.1. The van der Waals surface area contributed by atoms with Gasteiger partial charge in [-0.1, -0.05) is 0 Å². The first-order chi connectivity index (χ1) is 11.1. The monoisotopic (exact) mass is 354 g/mol. The first-order valence-electron chi connectivity index (χ1n) is 8.46. The number of carbonyl (C=O) groups excluding carboxylic acids is 1. The Morgan fingerprint density at radius 2 is 1.96 bits per heavy atom. The van der Waals surface area contributed by atoms with E-state index in [1.165, 1.54) is 12.8 Å². The number of carbonyl (C=O) groups is 1. The predicted molar refractivity (Wildman–Crippen MR) is 96.9 cm³/mol. The van der Waals surface area contributed by atoms with Gasteiger partial charge >= 0.3 is 0 Å². The Morgan fingerprint density at radius 3 is 2.46 bits per heavy atom. The van der Waals surface area contributed by atoms with E-state index >= 15 is 0 Å². The quantitative estimate of drug-likeness (QED) is 0.853. The van der Waals surface area contributed by atoms with E-state index in [4.69, 9.17) is 15.2 Å². The molecule has 2 fully saturated rings. The maximum Gasteiger partial charge on any atom is 0.256 e. The van der Waals surface area contributed by atoms with Gasteiger partial charge in [-0.25, -0.2) is 0 Å². The molecule has 3 atom stereocenters. The van der Waals surface area contributed by atoms with Gasteiger partial charge in [-0.3, -0.25) is 4.79 Å². The molecule has 1 saturated carbocycles. The highest BCUT2D eigenvalue weighted by atomic mass is 35.5. The van der Waals surface area contributed by atoms with Crippen molar-refractivity contribution in [2.75, 3.05) is 18.6 Å². The number of methoxy groups -OCH3 is 1. The second-order valence-electron chi connectivity index (χ2n) is 6.54. The smallest absolute Gasteiger partial charge is 0.256 e. The van der Waals surface area contributed by atoms with Gasteiger partial charge in [-0.05, 0) is 62.8 Å². The van der Waals surface area contributed by atoms with Crippen LogP contribution in [0.5, 0.6) is 5.75 Å². The molecule has 0 bridgehead atoms. The van der Waals surface area contributed by atoms with Gasteiger partial charge in [-0.2, -0.15) is 0 Å². The molecule has 1 amide bonds. The van der Waals surface area contributed by atoms with E-state index in [0.717, 1.165) is 24.3 Å². The van der Waals surface area contributed by atoms with Crippen LogP contribution >= 0.6 is 12.4 Å². The minimum absolute atomic E-state index is 0. The van der Waals surface area contributed by atoms with E-state index in [2.05, 4.69) is 6.92 Å². The Balaban J connectivity index is 0.00000208. The number of halogens is 1. The Bertz CT molecular complexity index is 548. The molecule has 3 rings (SSSR count). The summed E-state index contributed by atoms with van der Waals surface area (Å²) < 4.78 is 11.0. The van der Waals surface area contributed by atoms with Gasteiger partial charge in [0, 0.05) is 18.3 Å². The Kier molecular flexibility index (Phi) is 6.49. The molecule has 24 heavy (non-hydrogen) atoms. The first-order valence-corrected chi connectivity index (χ1v) is 8.46. The van der Waals surface area contributed by atoms with Gasteiger partial charge < -0.3 is 20.1 Å². The fraction of sp³-hybridized carbons (Fsp3) is 0.611. The second-order valence-corrected chi connectivity index (χ2v) is 6.54. The van der Waals surface area contributed by atoms with Crippen molar-refractivity contribution in [3.63, 3.8) is 0 Å². The molecule has 0 aromatic heterocycles. The predicted octanol–water partition coefficient (Wildman–Crippen LogP) is 2.75. The summed E-state index contributed by atoms with van der Waals surface area (Å²) >= 11 is 0. The van der Waals surface area contributed by atoms with Crippen LogP contribution in [-0.2, 0) is 9.53 Å². The fourth-order valence-corrected chi connectivity index (χ4v) is 3.31. The van der Waals surface area contributed by atoms with Crippen LogP contribution in [0.4, 0.5) is 5.69 Å². The third-order valence-electron chi connectivity index (χ3n) is 4.95. The second kappa shape index (κ2) is 8.19. The minimum atomic E-state index is -0.369. The van der Waals surface area contributed by atoms with E-state index in [1.54, 1.807) is 7.11 Å². The summed E-state index contributed by atoms with van der Waals surface area (Å²) in [4.78, 5) is 15.0. The number of hydrogen-bond donors (Lipinski definition) is 1. The molecule has 0 spiro atoms. The van der Waals surface area contributed by atoms with Gasteiger partial charge in [0.25, 0.3) is 5.91 Å². The molecule has 1 aliphatic heterocycles. The number of ether oxygens (including phenoxy) is 2. The van der Waals surface area contributed by atoms with E-state index in [0.29, 0.717) is 12.5 Å². The van der Waals surface area contributed by atoms with Crippen LogP contribution in [0.1, 0.15) is 32.6 Å². The molecule has 6 heteroatoms. The van der Waals surface area contributed by atoms with E-state index in [1.807, 2.05) is 29.2 Å². The lowest BCUT2D eigenvalue weighted by Crippen LogP contribution is -2.46. The lowest BCUT2D eigenvalue weighted by Gasteiger charge is -2.31. The van der Waals surface area contributed by atoms with Gasteiger partial charge in [-0.15, -0.1) is 12.4 Å². The van der Waals surface area contributed by atoms with Crippen LogP contribution in [-0.4, -0.2) is 37.8 Å². The molecule has 134 valence electrons. The summed E-state index contributed by atoms with van der Waals surface area (Å²) in [5, 5.41) is 0.